The number of nitrogens with one attached hydrogen (secondary N) is 1. The summed E-state index contributed by atoms with van der Waals surface area (Å²) in [6, 6.07) is 0.893. The van der Waals surface area contributed by atoms with E-state index in [-0.39, 0.29) is 0 Å². The molecule has 0 spiro atoms. The molecule has 2 aliphatic rings. The highest BCUT2D eigenvalue weighted by molar-refractivity contribution is 4.79. The summed E-state index contributed by atoms with van der Waals surface area (Å²) in [6.45, 7) is 3.80. The topological polar surface area (TPSA) is 15.3 Å². The maximum atomic E-state index is 3.45. The fourth-order valence-corrected chi connectivity index (χ4v) is 2.95. The summed E-state index contributed by atoms with van der Waals surface area (Å²) in [7, 11) is 2.33. The van der Waals surface area contributed by atoms with Crippen molar-refractivity contribution in [2.75, 3.05) is 26.7 Å². The van der Waals surface area contributed by atoms with E-state index in [2.05, 4.69) is 17.3 Å². The number of hydrogen-bond acceptors (Lipinski definition) is 2. The van der Waals surface area contributed by atoms with Gasteiger partial charge in [0.15, 0.2) is 0 Å². The van der Waals surface area contributed by atoms with Crippen LogP contribution in [0.3, 0.4) is 0 Å². The van der Waals surface area contributed by atoms with Crippen LogP contribution in [-0.4, -0.2) is 37.6 Å². The standard InChI is InChI=1S/C12H24N2/c1-14(10-11-7-8-13-9-11)12-5-3-2-4-6-12/h11-13H,2-10H2,1H3/t11-/m0/s1. The third kappa shape index (κ3) is 2.71. The van der Waals surface area contributed by atoms with E-state index < -0.39 is 0 Å². The second-order valence-electron chi connectivity index (χ2n) is 5.09. The fraction of sp³-hybridized carbons (Fsp3) is 1.00. The van der Waals surface area contributed by atoms with Gasteiger partial charge in [-0.1, -0.05) is 19.3 Å². The molecule has 1 aliphatic carbocycles. The first-order valence-corrected chi connectivity index (χ1v) is 6.27. The molecular formula is C12H24N2. The Morgan fingerprint density at radius 2 is 1.93 bits per heavy atom. The van der Waals surface area contributed by atoms with E-state index in [1.54, 1.807) is 0 Å². The van der Waals surface area contributed by atoms with Crippen molar-refractivity contribution in [2.45, 2.75) is 44.6 Å². The first-order chi connectivity index (χ1) is 6.86. The van der Waals surface area contributed by atoms with Crippen molar-refractivity contribution < 1.29 is 0 Å². The van der Waals surface area contributed by atoms with Crippen LogP contribution in [0.2, 0.25) is 0 Å². The molecule has 1 saturated heterocycles. The summed E-state index contributed by atoms with van der Waals surface area (Å²) in [5.41, 5.74) is 0. The monoisotopic (exact) mass is 196 g/mol. The van der Waals surface area contributed by atoms with Gasteiger partial charge in [0, 0.05) is 12.6 Å². The second kappa shape index (κ2) is 5.13. The van der Waals surface area contributed by atoms with Crippen LogP contribution in [0.1, 0.15) is 38.5 Å². The lowest BCUT2D eigenvalue weighted by atomic mass is 9.94. The van der Waals surface area contributed by atoms with Gasteiger partial charge in [0.05, 0.1) is 0 Å². The maximum Gasteiger partial charge on any atom is 0.00923 e. The first kappa shape index (κ1) is 10.4. The predicted octanol–water partition coefficient (Wildman–Crippen LogP) is 1.86. The zero-order valence-corrected chi connectivity index (χ0v) is 9.47. The average Bonchev–Trinajstić information content (AvgIpc) is 2.72. The van der Waals surface area contributed by atoms with E-state index in [1.165, 1.54) is 58.2 Å². The molecule has 1 atom stereocenters. The van der Waals surface area contributed by atoms with E-state index in [9.17, 15) is 0 Å². The van der Waals surface area contributed by atoms with Gasteiger partial charge < -0.3 is 10.2 Å². The second-order valence-corrected chi connectivity index (χ2v) is 5.09. The normalized spacial score (nSPS) is 30.0. The zero-order chi connectivity index (χ0) is 9.80. The molecule has 1 saturated carbocycles. The molecule has 2 nitrogen and oxygen atoms in total. The quantitative estimate of drug-likeness (QED) is 0.741. The Morgan fingerprint density at radius 1 is 1.14 bits per heavy atom. The molecule has 0 aromatic rings. The van der Waals surface area contributed by atoms with E-state index in [4.69, 9.17) is 0 Å². The van der Waals surface area contributed by atoms with E-state index in [1.807, 2.05) is 0 Å². The molecule has 82 valence electrons. The van der Waals surface area contributed by atoms with Gasteiger partial charge >= 0.3 is 0 Å². The number of nitrogens with zero attached hydrogens (tertiary/aromatic N) is 1. The molecular weight excluding hydrogens is 172 g/mol. The molecule has 0 unspecified atom stereocenters. The Bertz CT molecular complexity index is 158. The summed E-state index contributed by atoms with van der Waals surface area (Å²) in [5.74, 6) is 0.918. The lowest BCUT2D eigenvalue weighted by Crippen LogP contribution is -2.37. The highest BCUT2D eigenvalue weighted by Gasteiger charge is 2.22. The highest BCUT2D eigenvalue weighted by atomic mass is 15.1. The molecule has 0 aromatic carbocycles. The van der Waals surface area contributed by atoms with Crippen LogP contribution in [0.15, 0.2) is 0 Å². The molecule has 0 amide bonds. The molecule has 0 aromatic heterocycles. The van der Waals surface area contributed by atoms with Crippen LogP contribution in [0.4, 0.5) is 0 Å². The van der Waals surface area contributed by atoms with Crippen molar-refractivity contribution in [3.8, 4) is 0 Å². The largest absolute Gasteiger partial charge is 0.316 e. The summed E-state index contributed by atoms with van der Waals surface area (Å²) < 4.78 is 0. The Balaban J connectivity index is 1.72. The molecule has 2 fully saturated rings. The Morgan fingerprint density at radius 3 is 2.57 bits per heavy atom. The van der Waals surface area contributed by atoms with Gasteiger partial charge in [-0.25, -0.2) is 0 Å². The molecule has 1 aliphatic heterocycles. The van der Waals surface area contributed by atoms with Crippen LogP contribution < -0.4 is 5.32 Å². The lowest BCUT2D eigenvalue weighted by molar-refractivity contribution is 0.170. The van der Waals surface area contributed by atoms with Gasteiger partial charge in [0.1, 0.15) is 0 Å². The maximum absolute atomic E-state index is 3.45. The van der Waals surface area contributed by atoms with E-state index in [0.29, 0.717) is 0 Å². The van der Waals surface area contributed by atoms with Crippen molar-refractivity contribution in [2.24, 2.45) is 5.92 Å². The van der Waals surface area contributed by atoms with Crippen LogP contribution >= 0.6 is 0 Å². The molecule has 0 radical (unpaired) electrons. The summed E-state index contributed by atoms with van der Waals surface area (Å²) in [6.07, 6.45) is 8.65. The number of rotatable bonds is 3. The smallest absolute Gasteiger partial charge is 0.00923 e. The van der Waals surface area contributed by atoms with Crippen molar-refractivity contribution >= 4 is 0 Å². The SMILES string of the molecule is CN(C[C@H]1CCNC1)C1CCCCC1. The van der Waals surface area contributed by atoms with Gasteiger partial charge in [-0.05, 0) is 45.3 Å². The summed E-state index contributed by atoms with van der Waals surface area (Å²) in [5, 5.41) is 3.45. The molecule has 2 heteroatoms. The van der Waals surface area contributed by atoms with Crippen LogP contribution in [-0.2, 0) is 0 Å². The third-order valence-electron chi connectivity index (χ3n) is 3.91. The number of hydrogen-bond donors (Lipinski definition) is 1. The van der Waals surface area contributed by atoms with Crippen LogP contribution in [0, 0.1) is 5.92 Å². The van der Waals surface area contributed by atoms with E-state index in [0.717, 1.165) is 12.0 Å². The Labute approximate surface area is 88.1 Å². The van der Waals surface area contributed by atoms with Gasteiger partial charge in [0.2, 0.25) is 0 Å². The van der Waals surface area contributed by atoms with Gasteiger partial charge in [-0.15, -0.1) is 0 Å². The van der Waals surface area contributed by atoms with Crippen molar-refractivity contribution in [3.63, 3.8) is 0 Å². The minimum atomic E-state index is 0.893. The predicted molar refractivity (Wildman–Crippen MR) is 60.5 cm³/mol. The van der Waals surface area contributed by atoms with Crippen LogP contribution in [0.5, 0.6) is 0 Å². The minimum Gasteiger partial charge on any atom is -0.316 e. The van der Waals surface area contributed by atoms with Crippen molar-refractivity contribution in [3.05, 3.63) is 0 Å². The molecule has 1 heterocycles. The molecule has 14 heavy (non-hydrogen) atoms. The average molecular weight is 196 g/mol. The minimum absolute atomic E-state index is 0.893. The lowest BCUT2D eigenvalue weighted by Gasteiger charge is -2.32. The zero-order valence-electron chi connectivity index (χ0n) is 9.47. The fourth-order valence-electron chi connectivity index (χ4n) is 2.95. The highest BCUT2D eigenvalue weighted by Crippen LogP contribution is 2.22. The Hall–Kier alpha value is -0.0800. The van der Waals surface area contributed by atoms with Crippen molar-refractivity contribution in [1.82, 2.24) is 10.2 Å². The molecule has 1 N–H and O–H groups in total. The Kier molecular flexibility index (Phi) is 3.82. The van der Waals surface area contributed by atoms with Crippen molar-refractivity contribution in [1.29, 1.82) is 0 Å². The van der Waals surface area contributed by atoms with E-state index >= 15 is 0 Å². The van der Waals surface area contributed by atoms with Gasteiger partial charge in [-0.2, -0.15) is 0 Å². The first-order valence-electron chi connectivity index (χ1n) is 6.27. The molecule has 0 bridgehead atoms. The van der Waals surface area contributed by atoms with Gasteiger partial charge in [-0.3, -0.25) is 0 Å². The van der Waals surface area contributed by atoms with Gasteiger partial charge in [0.25, 0.3) is 0 Å². The third-order valence-corrected chi connectivity index (χ3v) is 3.91. The molecule has 2 rings (SSSR count). The summed E-state index contributed by atoms with van der Waals surface area (Å²) >= 11 is 0. The van der Waals surface area contributed by atoms with Crippen LogP contribution in [0.25, 0.3) is 0 Å². The summed E-state index contributed by atoms with van der Waals surface area (Å²) in [4.78, 5) is 2.62.